The Kier molecular flexibility index (Phi) is 5.73. The lowest BCUT2D eigenvalue weighted by molar-refractivity contribution is -0.126. The quantitative estimate of drug-likeness (QED) is 0.773. The van der Waals surface area contributed by atoms with Crippen LogP contribution in [0.25, 0.3) is 6.08 Å². The molecule has 1 aliphatic heterocycles. The van der Waals surface area contributed by atoms with Crippen molar-refractivity contribution < 1.29 is 4.79 Å². The lowest BCUT2D eigenvalue weighted by atomic mass is 10.2. The number of hydrogen-bond donors (Lipinski definition) is 0. The molecule has 26 heavy (non-hydrogen) atoms. The molecule has 0 spiro atoms. The van der Waals surface area contributed by atoms with Crippen LogP contribution >= 0.6 is 11.6 Å². The van der Waals surface area contributed by atoms with Crippen molar-refractivity contribution in [3.05, 3.63) is 53.2 Å². The fourth-order valence-electron chi connectivity index (χ4n) is 2.75. The van der Waals surface area contributed by atoms with E-state index in [9.17, 15) is 4.79 Å². The van der Waals surface area contributed by atoms with Crippen molar-refractivity contribution in [2.75, 3.05) is 50.1 Å². The molecule has 2 aromatic rings. The fraction of sp³-hybridized carbons (Fsp3) is 0.316. The number of carbonyl (C=O) groups excluding carboxylic acids is 1. The van der Waals surface area contributed by atoms with E-state index in [0.717, 1.165) is 30.2 Å². The van der Waals surface area contributed by atoms with Gasteiger partial charge in [-0.05, 0) is 23.8 Å². The Balaban J connectivity index is 1.57. The molecule has 3 rings (SSSR count). The van der Waals surface area contributed by atoms with Crippen molar-refractivity contribution in [2.45, 2.75) is 0 Å². The van der Waals surface area contributed by atoms with Gasteiger partial charge in [0.1, 0.15) is 0 Å². The number of hydrogen-bond acceptors (Lipinski definition) is 5. The summed E-state index contributed by atoms with van der Waals surface area (Å²) in [4.78, 5) is 18.4. The van der Waals surface area contributed by atoms with E-state index >= 15 is 0 Å². The molecule has 6 nitrogen and oxygen atoms in total. The highest BCUT2D eigenvalue weighted by Gasteiger charge is 2.21. The Bertz CT molecular complexity index is 783. The van der Waals surface area contributed by atoms with Gasteiger partial charge in [-0.25, -0.2) is 0 Å². The molecule has 0 atom stereocenters. The number of benzene rings is 1. The predicted molar refractivity (Wildman–Crippen MR) is 106 cm³/mol. The number of halogens is 1. The van der Waals surface area contributed by atoms with Gasteiger partial charge in [0, 0.05) is 57.4 Å². The molecule has 7 heteroatoms. The number of rotatable bonds is 4. The molecule has 1 aliphatic rings. The van der Waals surface area contributed by atoms with Crippen LogP contribution in [0.3, 0.4) is 0 Å². The Morgan fingerprint density at radius 3 is 2.50 bits per heavy atom. The van der Waals surface area contributed by atoms with Gasteiger partial charge in [-0.1, -0.05) is 23.7 Å². The minimum atomic E-state index is 0.0210. The summed E-state index contributed by atoms with van der Waals surface area (Å²) < 4.78 is 0. The molecule has 1 amide bonds. The topological polar surface area (TPSA) is 52.6 Å². The van der Waals surface area contributed by atoms with Crippen LogP contribution in [0.15, 0.2) is 42.6 Å². The number of nitrogens with zero attached hydrogens (tertiary/aromatic N) is 5. The summed E-state index contributed by atoms with van der Waals surface area (Å²) in [5.41, 5.74) is 1.97. The normalized spacial score (nSPS) is 14.7. The molecule has 2 heterocycles. The minimum absolute atomic E-state index is 0.0210. The number of aromatic nitrogens is 2. The number of anilines is 2. The highest BCUT2D eigenvalue weighted by atomic mass is 35.5. The van der Waals surface area contributed by atoms with E-state index in [2.05, 4.69) is 15.1 Å². The lowest BCUT2D eigenvalue weighted by Crippen LogP contribution is -2.48. The molecule has 136 valence electrons. The van der Waals surface area contributed by atoms with E-state index in [0.29, 0.717) is 18.1 Å². The Morgan fingerprint density at radius 1 is 1.15 bits per heavy atom. The van der Waals surface area contributed by atoms with E-state index in [1.165, 1.54) is 0 Å². The van der Waals surface area contributed by atoms with Crippen LogP contribution in [0.2, 0.25) is 5.02 Å². The van der Waals surface area contributed by atoms with Crippen molar-refractivity contribution in [1.82, 2.24) is 15.1 Å². The van der Waals surface area contributed by atoms with Crippen molar-refractivity contribution in [3.8, 4) is 0 Å². The highest BCUT2D eigenvalue weighted by Crippen LogP contribution is 2.18. The summed E-state index contributed by atoms with van der Waals surface area (Å²) in [6.45, 7) is 2.81. The summed E-state index contributed by atoms with van der Waals surface area (Å²) in [5.74, 6) is 0.868. The molecule has 0 radical (unpaired) electrons. The van der Waals surface area contributed by atoms with Gasteiger partial charge in [0.15, 0.2) is 5.82 Å². The lowest BCUT2D eigenvalue weighted by Gasteiger charge is -2.34. The first-order valence-electron chi connectivity index (χ1n) is 8.50. The second kappa shape index (κ2) is 8.19. The first kappa shape index (κ1) is 18.2. The van der Waals surface area contributed by atoms with Crippen LogP contribution in [0.1, 0.15) is 5.56 Å². The van der Waals surface area contributed by atoms with Crippen LogP contribution in [0.4, 0.5) is 11.5 Å². The summed E-state index contributed by atoms with van der Waals surface area (Å²) >= 11 is 5.87. The first-order valence-corrected chi connectivity index (χ1v) is 8.88. The largest absolute Gasteiger partial charge is 0.376 e. The Labute approximate surface area is 158 Å². The average Bonchev–Trinajstić information content (AvgIpc) is 2.67. The van der Waals surface area contributed by atoms with Crippen molar-refractivity contribution >= 4 is 35.1 Å². The molecule has 1 aromatic carbocycles. The molecule has 0 unspecified atom stereocenters. The molecular weight excluding hydrogens is 350 g/mol. The number of amides is 1. The van der Waals surface area contributed by atoms with E-state index in [4.69, 9.17) is 11.6 Å². The predicted octanol–water partition coefficient (Wildman–Crippen LogP) is 2.56. The first-order chi connectivity index (χ1) is 12.5. The maximum absolute atomic E-state index is 12.4. The molecule has 1 saturated heterocycles. The number of carbonyl (C=O) groups is 1. The molecule has 0 aliphatic carbocycles. The summed E-state index contributed by atoms with van der Waals surface area (Å²) in [7, 11) is 3.95. The Hall–Kier alpha value is -2.60. The van der Waals surface area contributed by atoms with Crippen LogP contribution < -0.4 is 9.80 Å². The van der Waals surface area contributed by atoms with Crippen LogP contribution in [-0.4, -0.2) is 61.3 Å². The molecule has 0 saturated carbocycles. The second-order valence-electron chi connectivity index (χ2n) is 6.36. The van der Waals surface area contributed by atoms with Gasteiger partial charge in [0.2, 0.25) is 5.91 Å². The summed E-state index contributed by atoms with van der Waals surface area (Å²) in [5, 5.41) is 8.98. The monoisotopic (exact) mass is 371 g/mol. The summed E-state index contributed by atoms with van der Waals surface area (Å²) in [6, 6.07) is 9.42. The highest BCUT2D eigenvalue weighted by molar-refractivity contribution is 6.30. The van der Waals surface area contributed by atoms with Gasteiger partial charge < -0.3 is 14.7 Å². The smallest absolute Gasteiger partial charge is 0.246 e. The number of piperazine rings is 1. The SMILES string of the molecule is CN(C)c1cnnc(N2CCN(C(=O)/C=C/c3ccc(Cl)cc3)CC2)c1. The second-order valence-corrected chi connectivity index (χ2v) is 6.80. The molecule has 1 fully saturated rings. The van der Waals surface area contributed by atoms with Crippen LogP contribution in [0, 0.1) is 0 Å². The fourth-order valence-corrected chi connectivity index (χ4v) is 2.87. The molecule has 0 bridgehead atoms. The Morgan fingerprint density at radius 2 is 1.85 bits per heavy atom. The third-order valence-electron chi connectivity index (χ3n) is 4.35. The van der Waals surface area contributed by atoms with Crippen molar-refractivity contribution in [2.24, 2.45) is 0 Å². The zero-order valence-corrected chi connectivity index (χ0v) is 15.7. The van der Waals surface area contributed by atoms with Gasteiger partial charge in [0.25, 0.3) is 0 Å². The summed E-state index contributed by atoms with van der Waals surface area (Å²) in [6.07, 6.45) is 5.17. The minimum Gasteiger partial charge on any atom is -0.376 e. The van der Waals surface area contributed by atoms with Gasteiger partial charge in [0.05, 0.1) is 11.9 Å². The van der Waals surface area contributed by atoms with E-state index < -0.39 is 0 Å². The zero-order valence-electron chi connectivity index (χ0n) is 15.0. The maximum Gasteiger partial charge on any atom is 0.246 e. The maximum atomic E-state index is 12.4. The average molecular weight is 372 g/mol. The van der Waals surface area contributed by atoms with Gasteiger partial charge in [-0.15, -0.1) is 5.10 Å². The van der Waals surface area contributed by atoms with E-state index in [-0.39, 0.29) is 5.91 Å². The third-order valence-corrected chi connectivity index (χ3v) is 4.60. The van der Waals surface area contributed by atoms with E-state index in [1.807, 2.05) is 60.3 Å². The van der Waals surface area contributed by atoms with Gasteiger partial charge in [-0.2, -0.15) is 5.10 Å². The standard InChI is InChI=1S/C19H22ClN5O/c1-23(2)17-13-18(22-21-14-17)24-9-11-25(12-10-24)19(26)8-5-15-3-6-16(20)7-4-15/h3-8,13-14H,9-12H2,1-2H3/b8-5+. The molecule has 1 aromatic heterocycles. The van der Waals surface area contributed by atoms with Crippen molar-refractivity contribution in [1.29, 1.82) is 0 Å². The van der Waals surface area contributed by atoms with Gasteiger partial charge in [-0.3, -0.25) is 4.79 Å². The molecule has 0 N–H and O–H groups in total. The van der Waals surface area contributed by atoms with Crippen molar-refractivity contribution in [3.63, 3.8) is 0 Å². The third kappa shape index (κ3) is 4.52. The zero-order chi connectivity index (χ0) is 18.5. The van der Waals surface area contributed by atoms with E-state index in [1.54, 1.807) is 12.3 Å². The van der Waals surface area contributed by atoms with Gasteiger partial charge >= 0.3 is 0 Å². The van der Waals surface area contributed by atoms with Crippen LogP contribution in [0.5, 0.6) is 0 Å². The van der Waals surface area contributed by atoms with Crippen LogP contribution in [-0.2, 0) is 4.79 Å². The molecular formula is C19H22ClN5O.